The van der Waals surface area contributed by atoms with Crippen LogP contribution in [-0.4, -0.2) is 5.11 Å². The van der Waals surface area contributed by atoms with Crippen molar-refractivity contribution in [2.24, 2.45) is 5.92 Å². The number of rotatable bonds is 3. The van der Waals surface area contributed by atoms with E-state index < -0.39 is 6.10 Å². The fourth-order valence-electron chi connectivity index (χ4n) is 1.30. The molecule has 1 rings (SSSR count). The van der Waals surface area contributed by atoms with Gasteiger partial charge < -0.3 is 5.11 Å². The van der Waals surface area contributed by atoms with E-state index in [1.54, 1.807) is 18.2 Å². The van der Waals surface area contributed by atoms with Crippen LogP contribution in [0.3, 0.4) is 0 Å². The minimum absolute atomic E-state index is 0.160. The number of aliphatic hydroxyl groups excluding tert-OH is 1. The Bertz CT molecular complexity index is 292. The van der Waals surface area contributed by atoms with Crippen molar-refractivity contribution in [3.8, 4) is 0 Å². The molecule has 0 radical (unpaired) electrons. The van der Waals surface area contributed by atoms with Crippen molar-refractivity contribution in [2.75, 3.05) is 0 Å². The van der Waals surface area contributed by atoms with Crippen LogP contribution < -0.4 is 0 Å². The molecule has 78 valence electrons. The summed E-state index contributed by atoms with van der Waals surface area (Å²) in [7, 11) is 0. The highest BCUT2D eigenvalue weighted by molar-refractivity contribution is 6.36. The van der Waals surface area contributed by atoms with Gasteiger partial charge in [-0.25, -0.2) is 0 Å². The largest absolute Gasteiger partial charge is 0.388 e. The zero-order valence-corrected chi connectivity index (χ0v) is 9.81. The van der Waals surface area contributed by atoms with Crippen LogP contribution in [0.2, 0.25) is 10.0 Å². The Kier molecular flexibility index (Phi) is 4.24. The van der Waals surface area contributed by atoms with Gasteiger partial charge in [0.05, 0.1) is 6.10 Å². The van der Waals surface area contributed by atoms with E-state index >= 15 is 0 Å². The van der Waals surface area contributed by atoms with Gasteiger partial charge in [0.1, 0.15) is 0 Å². The normalized spacial score (nSPS) is 15.2. The van der Waals surface area contributed by atoms with Crippen LogP contribution >= 0.6 is 23.2 Å². The highest BCUT2D eigenvalue weighted by Gasteiger charge is 2.19. The van der Waals surface area contributed by atoms with E-state index in [-0.39, 0.29) is 5.92 Å². The number of aliphatic hydroxyl groups is 1. The molecule has 1 aromatic carbocycles. The minimum atomic E-state index is -0.582. The Hall–Kier alpha value is -0.240. The maximum Gasteiger partial charge on any atom is 0.0844 e. The Morgan fingerprint density at radius 2 is 1.79 bits per heavy atom. The Morgan fingerprint density at radius 3 is 2.21 bits per heavy atom. The third-order valence-corrected chi connectivity index (χ3v) is 3.14. The van der Waals surface area contributed by atoms with Crippen molar-refractivity contribution in [3.63, 3.8) is 0 Å². The summed E-state index contributed by atoms with van der Waals surface area (Å²) >= 11 is 12.0. The third-order valence-electron chi connectivity index (χ3n) is 2.48. The molecule has 2 atom stereocenters. The quantitative estimate of drug-likeness (QED) is 0.834. The van der Waals surface area contributed by atoms with Crippen LogP contribution in [0.5, 0.6) is 0 Å². The first kappa shape index (κ1) is 11.8. The smallest absolute Gasteiger partial charge is 0.0844 e. The molecule has 3 heteroatoms. The summed E-state index contributed by atoms with van der Waals surface area (Å²) in [4.78, 5) is 0. The van der Waals surface area contributed by atoms with Gasteiger partial charge in [0.15, 0.2) is 0 Å². The molecule has 0 aliphatic carbocycles. The van der Waals surface area contributed by atoms with Gasteiger partial charge >= 0.3 is 0 Å². The van der Waals surface area contributed by atoms with Crippen molar-refractivity contribution in [1.29, 1.82) is 0 Å². The van der Waals surface area contributed by atoms with Crippen molar-refractivity contribution in [2.45, 2.75) is 26.4 Å². The molecule has 1 N–H and O–H groups in total. The van der Waals surface area contributed by atoms with E-state index in [0.717, 1.165) is 6.42 Å². The summed E-state index contributed by atoms with van der Waals surface area (Å²) in [6.07, 6.45) is 0.309. The maximum absolute atomic E-state index is 9.98. The number of halogens is 2. The number of hydrogen-bond acceptors (Lipinski definition) is 1. The van der Waals surface area contributed by atoms with Crippen LogP contribution in [0.1, 0.15) is 31.9 Å². The van der Waals surface area contributed by atoms with Gasteiger partial charge in [-0.2, -0.15) is 0 Å². The molecule has 0 saturated heterocycles. The predicted molar refractivity (Wildman–Crippen MR) is 60.9 cm³/mol. The second-order valence-electron chi connectivity index (χ2n) is 3.47. The molecule has 0 aliphatic heterocycles. The van der Waals surface area contributed by atoms with E-state index in [1.807, 2.05) is 13.8 Å². The number of hydrogen-bond donors (Lipinski definition) is 1. The summed E-state index contributed by atoms with van der Waals surface area (Å²) in [6.45, 7) is 4.00. The van der Waals surface area contributed by atoms with Gasteiger partial charge in [0.2, 0.25) is 0 Å². The molecule has 0 heterocycles. The second kappa shape index (κ2) is 5.01. The SMILES string of the molecule is CCC(C)C(O)c1c(Cl)cccc1Cl. The van der Waals surface area contributed by atoms with Crippen molar-refractivity contribution in [3.05, 3.63) is 33.8 Å². The van der Waals surface area contributed by atoms with Gasteiger partial charge in [-0.05, 0) is 18.1 Å². The highest BCUT2D eigenvalue weighted by Crippen LogP contribution is 2.34. The molecule has 1 nitrogen and oxygen atoms in total. The van der Waals surface area contributed by atoms with Gasteiger partial charge in [0.25, 0.3) is 0 Å². The zero-order chi connectivity index (χ0) is 10.7. The number of benzene rings is 1. The maximum atomic E-state index is 9.98. The average molecular weight is 233 g/mol. The molecule has 0 aromatic heterocycles. The van der Waals surface area contributed by atoms with Gasteiger partial charge in [-0.1, -0.05) is 49.5 Å². The molecule has 0 saturated carbocycles. The Labute approximate surface area is 94.7 Å². The summed E-state index contributed by atoms with van der Waals surface area (Å²) in [5.41, 5.74) is 0.644. The van der Waals surface area contributed by atoms with Gasteiger partial charge in [-0.3, -0.25) is 0 Å². The van der Waals surface area contributed by atoms with Crippen molar-refractivity contribution in [1.82, 2.24) is 0 Å². The van der Waals surface area contributed by atoms with Crippen LogP contribution in [0, 0.1) is 5.92 Å². The molecule has 1 aromatic rings. The summed E-state index contributed by atoms with van der Waals surface area (Å²) < 4.78 is 0. The topological polar surface area (TPSA) is 20.2 Å². The first-order valence-electron chi connectivity index (χ1n) is 4.69. The van der Waals surface area contributed by atoms with E-state index in [0.29, 0.717) is 15.6 Å². The Balaban J connectivity index is 3.05. The fraction of sp³-hybridized carbons (Fsp3) is 0.455. The van der Waals surface area contributed by atoms with Crippen molar-refractivity contribution < 1.29 is 5.11 Å². The van der Waals surface area contributed by atoms with Crippen LogP contribution in [0.15, 0.2) is 18.2 Å². The van der Waals surface area contributed by atoms with E-state index in [4.69, 9.17) is 23.2 Å². The summed E-state index contributed by atoms with van der Waals surface area (Å²) in [5, 5.41) is 11.0. The van der Waals surface area contributed by atoms with Gasteiger partial charge in [0, 0.05) is 15.6 Å². The first-order chi connectivity index (χ1) is 6.57. The van der Waals surface area contributed by atoms with Crippen LogP contribution in [0.4, 0.5) is 0 Å². The predicted octanol–water partition coefficient (Wildman–Crippen LogP) is 4.07. The molecule has 2 unspecified atom stereocenters. The minimum Gasteiger partial charge on any atom is -0.388 e. The molecular weight excluding hydrogens is 219 g/mol. The Morgan fingerprint density at radius 1 is 1.29 bits per heavy atom. The monoisotopic (exact) mass is 232 g/mol. The summed E-state index contributed by atoms with van der Waals surface area (Å²) in [5.74, 6) is 0.160. The standard InChI is InChI=1S/C11H14Cl2O/c1-3-7(2)11(14)10-8(12)5-4-6-9(10)13/h4-7,11,14H,3H2,1-2H3. The van der Waals surface area contributed by atoms with E-state index in [2.05, 4.69) is 0 Å². The van der Waals surface area contributed by atoms with Crippen LogP contribution in [0.25, 0.3) is 0 Å². The van der Waals surface area contributed by atoms with Gasteiger partial charge in [-0.15, -0.1) is 0 Å². The van der Waals surface area contributed by atoms with E-state index in [1.165, 1.54) is 0 Å². The summed E-state index contributed by atoms with van der Waals surface area (Å²) in [6, 6.07) is 5.26. The molecule has 0 spiro atoms. The first-order valence-corrected chi connectivity index (χ1v) is 5.45. The van der Waals surface area contributed by atoms with Crippen LogP contribution in [-0.2, 0) is 0 Å². The highest BCUT2D eigenvalue weighted by atomic mass is 35.5. The third kappa shape index (κ3) is 2.41. The molecule has 0 amide bonds. The molecular formula is C11H14Cl2O. The van der Waals surface area contributed by atoms with Crippen molar-refractivity contribution >= 4 is 23.2 Å². The van der Waals surface area contributed by atoms with E-state index in [9.17, 15) is 5.11 Å². The fourth-order valence-corrected chi connectivity index (χ4v) is 1.92. The molecule has 14 heavy (non-hydrogen) atoms. The molecule has 0 bridgehead atoms. The lowest BCUT2D eigenvalue weighted by molar-refractivity contribution is 0.116. The average Bonchev–Trinajstić information content (AvgIpc) is 2.16. The lowest BCUT2D eigenvalue weighted by Crippen LogP contribution is -2.09. The molecule has 0 aliphatic rings. The zero-order valence-electron chi connectivity index (χ0n) is 8.30. The second-order valence-corrected chi connectivity index (χ2v) is 4.28. The molecule has 0 fully saturated rings. The lowest BCUT2D eigenvalue weighted by atomic mass is 9.95. The lowest BCUT2D eigenvalue weighted by Gasteiger charge is -2.19.